The molecule has 0 saturated heterocycles. The van der Waals surface area contributed by atoms with Gasteiger partial charge in [-0.3, -0.25) is 0 Å². The Kier molecular flexibility index (Phi) is 4.44. The third kappa shape index (κ3) is 3.01. The molecule has 0 bridgehead atoms. The topological polar surface area (TPSA) is 60.4 Å². The van der Waals surface area contributed by atoms with Crippen LogP contribution in [0.4, 0.5) is 5.69 Å². The quantitative estimate of drug-likeness (QED) is 0.906. The summed E-state index contributed by atoms with van der Waals surface area (Å²) in [5.41, 5.74) is 2.28. The van der Waals surface area contributed by atoms with E-state index in [2.05, 4.69) is 11.0 Å². The first-order valence-corrected chi connectivity index (χ1v) is 6.65. The fourth-order valence-electron chi connectivity index (χ4n) is 2.20. The lowest BCUT2D eigenvalue weighted by molar-refractivity contribution is 0.199. The van der Waals surface area contributed by atoms with Crippen LogP contribution in [0.1, 0.15) is 36.8 Å². The highest BCUT2D eigenvalue weighted by Gasteiger charge is 2.15. The maximum atomic E-state index is 9.91. The number of nitriles is 1. The van der Waals surface area contributed by atoms with Gasteiger partial charge in [0, 0.05) is 17.8 Å². The standard InChI is InChI=1S/C16H18N2O2/c1-3-18(11-14-5-4-8-20-14)16-9-13(10-17)6-7-15(16)12(2)19/h4-9,12,19H,3,11H2,1-2H3. The van der Waals surface area contributed by atoms with Crippen LogP contribution in [0.25, 0.3) is 0 Å². The van der Waals surface area contributed by atoms with E-state index in [1.165, 1.54) is 0 Å². The molecule has 104 valence electrons. The molecular weight excluding hydrogens is 252 g/mol. The van der Waals surface area contributed by atoms with Gasteiger partial charge in [0.1, 0.15) is 5.76 Å². The van der Waals surface area contributed by atoms with E-state index in [0.29, 0.717) is 12.1 Å². The third-order valence-corrected chi connectivity index (χ3v) is 3.26. The lowest BCUT2D eigenvalue weighted by atomic mass is 10.0. The second kappa shape index (κ2) is 6.27. The summed E-state index contributed by atoms with van der Waals surface area (Å²) < 4.78 is 5.38. The molecular formula is C16H18N2O2. The average Bonchev–Trinajstić information content (AvgIpc) is 2.97. The molecule has 20 heavy (non-hydrogen) atoms. The van der Waals surface area contributed by atoms with Crippen molar-refractivity contribution in [2.45, 2.75) is 26.5 Å². The maximum absolute atomic E-state index is 9.91. The van der Waals surface area contributed by atoms with Crippen molar-refractivity contribution in [3.8, 4) is 6.07 Å². The van der Waals surface area contributed by atoms with Crippen LogP contribution in [0.2, 0.25) is 0 Å². The van der Waals surface area contributed by atoms with Crippen molar-refractivity contribution in [2.75, 3.05) is 11.4 Å². The number of anilines is 1. The van der Waals surface area contributed by atoms with Crippen LogP contribution in [0.5, 0.6) is 0 Å². The SMILES string of the molecule is CCN(Cc1ccco1)c1cc(C#N)ccc1C(C)O. The van der Waals surface area contributed by atoms with E-state index in [0.717, 1.165) is 23.6 Å². The highest BCUT2D eigenvalue weighted by Crippen LogP contribution is 2.28. The summed E-state index contributed by atoms with van der Waals surface area (Å²) in [6, 6.07) is 11.3. The first-order valence-electron chi connectivity index (χ1n) is 6.65. The third-order valence-electron chi connectivity index (χ3n) is 3.26. The summed E-state index contributed by atoms with van der Waals surface area (Å²) in [5, 5.41) is 19.0. The van der Waals surface area contributed by atoms with Gasteiger partial charge < -0.3 is 14.4 Å². The van der Waals surface area contributed by atoms with Crippen molar-refractivity contribution in [3.63, 3.8) is 0 Å². The smallest absolute Gasteiger partial charge is 0.123 e. The maximum Gasteiger partial charge on any atom is 0.123 e. The predicted octanol–water partition coefficient (Wildman–Crippen LogP) is 3.23. The first kappa shape index (κ1) is 14.2. The number of aliphatic hydroxyl groups is 1. The van der Waals surface area contributed by atoms with Crippen LogP contribution in [0.3, 0.4) is 0 Å². The van der Waals surface area contributed by atoms with Crippen LogP contribution < -0.4 is 4.90 Å². The molecule has 1 N–H and O–H groups in total. The molecule has 1 atom stereocenters. The minimum Gasteiger partial charge on any atom is -0.467 e. The van der Waals surface area contributed by atoms with Gasteiger partial charge in [-0.05, 0) is 38.1 Å². The zero-order valence-electron chi connectivity index (χ0n) is 11.7. The lowest BCUT2D eigenvalue weighted by Crippen LogP contribution is -2.23. The van der Waals surface area contributed by atoms with E-state index in [1.807, 2.05) is 31.2 Å². The summed E-state index contributed by atoms with van der Waals surface area (Å²) in [6.07, 6.45) is 1.06. The summed E-state index contributed by atoms with van der Waals surface area (Å²) in [5.74, 6) is 0.853. The zero-order chi connectivity index (χ0) is 14.5. The van der Waals surface area contributed by atoms with Gasteiger partial charge in [-0.15, -0.1) is 0 Å². The van der Waals surface area contributed by atoms with Gasteiger partial charge in [0.05, 0.1) is 30.5 Å². The van der Waals surface area contributed by atoms with Crippen LogP contribution in [-0.2, 0) is 6.54 Å². The number of nitrogens with zero attached hydrogens (tertiary/aromatic N) is 2. The fraction of sp³-hybridized carbons (Fsp3) is 0.312. The molecule has 1 heterocycles. The summed E-state index contributed by atoms with van der Waals surface area (Å²) in [7, 11) is 0. The van der Waals surface area contributed by atoms with Crippen LogP contribution in [-0.4, -0.2) is 11.7 Å². The van der Waals surface area contributed by atoms with Crippen LogP contribution >= 0.6 is 0 Å². The highest BCUT2D eigenvalue weighted by molar-refractivity contribution is 5.58. The molecule has 1 unspecified atom stereocenters. The molecule has 0 aliphatic carbocycles. The van der Waals surface area contributed by atoms with Crippen molar-refractivity contribution in [2.24, 2.45) is 0 Å². The number of rotatable bonds is 5. The summed E-state index contributed by atoms with van der Waals surface area (Å²) in [6.45, 7) is 5.13. The van der Waals surface area contributed by atoms with Gasteiger partial charge in [-0.1, -0.05) is 6.07 Å². The molecule has 0 aliphatic rings. The van der Waals surface area contributed by atoms with Crippen LogP contribution in [0, 0.1) is 11.3 Å². The van der Waals surface area contributed by atoms with Crippen molar-refractivity contribution >= 4 is 5.69 Å². The molecule has 2 rings (SSSR count). The van der Waals surface area contributed by atoms with E-state index in [4.69, 9.17) is 9.68 Å². The normalized spacial score (nSPS) is 11.9. The van der Waals surface area contributed by atoms with E-state index >= 15 is 0 Å². The second-order valence-electron chi connectivity index (χ2n) is 4.65. The van der Waals surface area contributed by atoms with Crippen molar-refractivity contribution < 1.29 is 9.52 Å². The second-order valence-corrected chi connectivity index (χ2v) is 4.65. The molecule has 0 fully saturated rings. The van der Waals surface area contributed by atoms with Gasteiger partial charge in [0.2, 0.25) is 0 Å². The predicted molar refractivity (Wildman–Crippen MR) is 77.2 cm³/mol. The van der Waals surface area contributed by atoms with Gasteiger partial charge in [-0.25, -0.2) is 0 Å². The number of hydrogen-bond donors (Lipinski definition) is 1. The molecule has 0 radical (unpaired) electrons. The van der Waals surface area contributed by atoms with E-state index < -0.39 is 6.10 Å². The monoisotopic (exact) mass is 270 g/mol. The molecule has 0 saturated carbocycles. The Morgan fingerprint density at radius 2 is 2.20 bits per heavy atom. The van der Waals surface area contributed by atoms with E-state index in [1.54, 1.807) is 19.3 Å². The van der Waals surface area contributed by atoms with Crippen molar-refractivity contribution in [1.82, 2.24) is 0 Å². The summed E-state index contributed by atoms with van der Waals surface area (Å²) in [4.78, 5) is 2.09. The van der Waals surface area contributed by atoms with E-state index in [-0.39, 0.29) is 0 Å². The molecule has 0 spiro atoms. The van der Waals surface area contributed by atoms with Crippen molar-refractivity contribution in [3.05, 3.63) is 53.5 Å². The number of hydrogen-bond acceptors (Lipinski definition) is 4. The van der Waals surface area contributed by atoms with Gasteiger partial charge in [-0.2, -0.15) is 5.26 Å². The molecule has 0 aliphatic heterocycles. The number of benzene rings is 1. The van der Waals surface area contributed by atoms with Gasteiger partial charge >= 0.3 is 0 Å². The van der Waals surface area contributed by atoms with Crippen LogP contribution in [0.15, 0.2) is 41.0 Å². The minimum atomic E-state index is -0.580. The number of aliphatic hydroxyl groups excluding tert-OH is 1. The Labute approximate surface area is 118 Å². The Bertz CT molecular complexity index is 597. The Balaban J connectivity index is 2.39. The molecule has 0 amide bonds. The molecule has 4 nitrogen and oxygen atoms in total. The Hall–Kier alpha value is -2.25. The largest absolute Gasteiger partial charge is 0.467 e. The van der Waals surface area contributed by atoms with Gasteiger partial charge in [0.15, 0.2) is 0 Å². The van der Waals surface area contributed by atoms with Gasteiger partial charge in [0.25, 0.3) is 0 Å². The molecule has 1 aromatic heterocycles. The van der Waals surface area contributed by atoms with E-state index in [9.17, 15) is 5.11 Å². The summed E-state index contributed by atoms with van der Waals surface area (Å²) >= 11 is 0. The first-order chi connectivity index (χ1) is 9.65. The van der Waals surface area contributed by atoms with Crippen molar-refractivity contribution in [1.29, 1.82) is 5.26 Å². The highest BCUT2D eigenvalue weighted by atomic mass is 16.3. The fourth-order valence-corrected chi connectivity index (χ4v) is 2.20. The molecule has 4 heteroatoms. The Morgan fingerprint density at radius 1 is 1.40 bits per heavy atom. The Morgan fingerprint density at radius 3 is 2.75 bits per heavy atom. The minimum absolute atomic E-state index is 0.580. The number of furan rings is 1. The zero-order valence-corrected chi connectivity index (χ0v) is 11.7. The molecule has 2 aromatic rings. The molecule has 1 aromatic carbocycles. The average molecular weight is 270 g/mol. The lowest BCUT2D eigenvalue weighted by Gasteiger charge is -2.26.